The fourth-order valence-corrected chi connectivity index (χ4v) is 0.799. The van der Waals surface area contributed by atoms with Crippen molar-refractivity contribution in [3.63, 3.8) is 0 Å². The van der Waals surface area contributed by atoms with Gasteiger partial charge in [0.2, 0.25) is 0 Å². The topological polar surface area (TPSA) is 26.0 Å². The number of hydrogen-bond donors (Lipinski definition) is 1. The molecule has 0 spiro atoms. The van der Waals surface area contributed by atoms with Crippen LogP contribution in [0.4, 0.5) is 5.69 Å². The highest BCUT2D eigenvalue weighted by Gasteiger charge is 1.84. The summed E-state index contributed by atoms with van der Waals surface area (Å²) in [6, 6.07) is 7.67. The van der Waals surface area contributed by atoms with Crippen molar-refractivity contribution >= 4 is 11.8 Å². The molecule has 0 amide bonds. The first-order valence-electron chi connectivity index (χ1n) is 3.14. The molecule has 0 fully saturated rings. The predicted molar refractivity (Wildman–Crippen MR) is 45.2 cm³/mol. The number of anilines is 1. The molecule has 1 nitrogen and oxygen atoms in total. The van der Waals surface area contributed by atoms with Crippen molar-refractivity contribution in [1.29, 1.82) is 0 Å². The molecule has 0 aromatic heterocycles. The predicted octanol–water partition coefficient (Wildman–Crippen LogP) is 2.12. The van der Waals surface area contributed by atoms with Crippen LogP contribution in [-0.4, -0.2) is 0 Å². The van der Waals surface area contributed by atoms with Crippen LogP contribution in [0, 0.1) is 6.92 Å². The molecule has 0 heterocycles. The van der Waals surface area contributed by atoms with Crippen molar-refractivity contribution in [2.24, 2.45) is 0 Å². The van der Waals surface area contributed by atoms with Crippen LogP contribution in [0.5, 0.6) is 0 Å². The van der Waals surface area contributed by atoms with Crippen molar-refractivity contribution in [3.05, 3.63) is 42.8 Å². The number of nitrogen functional groups attached to an aromatic ring is 1. The van der Waals surface area contributed by atoms with Gasteiger partial charge in [0.05, 0.1) is 0 Å². The second-order valence-electron chi connectivity index (χ2n) is 2.07. The zero-order chi connectivity index (χ0) is 7.40. The highest BCUT2D eigenvalue weighted by Crippen LogP contribution is 2.07. The molecule has 1 heteroatoms. The van der Waals surface area contributed by atoms with Gasteiger partial charge in [0, 0.05) is 5.69 Å². The molecule has 1 radical (unpaired) electrons. The van der Waals surface area contributed by atoms with Gasteiger partial charge in [-0.15, -0.1) is 0 Å². The first-order chi connectivity index (χ1) is 4.83. The lowest BCUT2D eigenvalue weighted by atomic mass is 10.2. The Morgan fingerprint density at radius 3 is 2.80 bits per heavy atom. The number of hydrogen-bond acceptors (Lipinski definition) is 1. The zero-order valence-electron chi connectivity index (χ0n) is 5.75. The average molecular weight is 132 g/mol. The Bertz CT molecular complexity index is 238. The van der Waals surface area contributed by atoms with Crippen LogP contribution in [0.3, 0.4) is 0 Å². The van der Waals surface area contributed by atoms with E-state index in [0.29, 0.717) is 0 Å². The normalized spacial score (nSPS) is 10.5. The van der Waals surface area contributed by atoms with Crippen molar-refractivity contribution in [1.82, 2.24) is 0 Å². The summed E-state index contributed by atoms with van der Waals surface area (Å²) in [5.41, 5.74) is 7.41. The van der Waals surface area contributed by atoms with Gasteiger partial charge in [0.15, 0.2) is 0 Å². The van der Waals surface area contributed by atoms with E-state index in [2.05, 4.69) is 6.92 Å². The van der Waals surface area contributed by atoms with E-state index in [-0.39, 0.29) is 0 Å². The van der Waals surface area contributed by atoms with Crippen LogP contribution in [0.1, 0.15) is 5.56 Å². The van der Waals surface area contributed by atoms with E-state index in [1.54, 1.807) is 6.08 Å². The SMILES string of the molecule is [CH2]/C=C/c1cccc(N)c1. The number of allylic oxidation sites excluding steroid dienone is 1. The van der Waals surface area contributed by atoms with E-state index in [1.165, 1.54) is 0 Å². The lowest BCUT2D eigenvalue weighted by Gasteiger charge is -1.93. The van der Waals surface area contributed by atoms with Crippen molar-refractivity contribution in [2.45, 2.75) is 0 Å². The Balaban J connectivity index is 2.95. The molecular weight excluding hydrogens is 122 g/mol. The summed E-state index contributed by atoms with van der Waals surface area (Å²) in [7, 11) is 0. The Morgan fingerprint density at radius 1 is 1.40 bits per heavy atom. The van der Waals surface area contributed by atoms with Gasteiger partial charge in [-0.1, -0.05) is 24.3 Å². The summed E-state index contributed by atoms with van der Waals surface area (Å²) in [5, 5.41) is 0. The van der Waals surface area contributed by atoms with Crippen molar-refractivity contribution in [2.75, 3.05) is 5.73 Å². The monoisotopic (exact) mass is 132 g/mol. The maximum absolute atomic E-state index is 5.53. The minimum atomic E-state index is 0.788. The quantitative estimate of drug-likeness (QED) is 0.582. The van der Waals surface area contributed by atoms with Gasteiger partial charge >= 0.3 is 0 Å². The summed E-state index contributed by atoms with van der Waals surface area (Å²) in [6.45, 7) is 3.59. The standard InChI is InChI=1S/C9H10N/c1-2-4-8-5-3-6-9(10)7-8/h2-7H,1,10H2/b4-2+. The van der Waals surface area contributed by atoms with Gasteiger partial charge in [-0.3, -0.25) is 0 Å². The van der Waals surface area contributed by atoms with Gasteiger partial charge in [0.25, 0.3) is 0 Å². The molecule has 51 valence electrons. The molecule has 0 atom stereocenters. The van der Waals surface area contributed by atoms with Crippen LogP contribution in [0.25, 0.3) is 6.08 Å². The maximum Gasteiger partial charge on any atom is 0.0319 e. The molecule has 2 N–H and O–H groups in total. The van der Waals surface area contributed by atoms with Crippen LogP contribution in [-0.2, 0) is 0 Å². The third-order valence-electron chi connectivity index (χ3n) is 1.22. The summed E-state index contributed by atoms with van der Waals surface area (Å²) in [6.07, 6.45) is 3.66. The summed E-state index contributed by atoms with van der Waals surface area (Å²) in [4.78, 5) is 0. The van der Waals surface area contributed by atoms with Crippen molar-refractivity contribution < 1.29 is 0 Å². The third kappa shape index (κ3) is 1.62. The minimum Gasteiger partial charge on any atom is -0.399 e. The zero-order valence-corrected chi connectivity index (χ0v) is 5.75. The van der Waals surface area contributed by atoms with Gasteiger partial charge in [0.1, 0.15) is 0 Å². The van der Waals surface area contributed by atoms with E-state index in [9.17, 15) is 0 Å². The first kappa shape index (κ1) is 6.87. The Morgan fingerprint density at radius 2 is 2.20 bits per heavy atom. The minimum absolute atomic E-state index is 0.788. The summed E-state index contributed by atoms with van der Waals surface area (Å²) < 4.78 is 0. The van der Waals surface area contributed by atoms with Crippen LogP contribution < -0.4 is 5.73 Å². The van der Waals surface area contributed by atoms with Gasteiger partial charge in [-0.25, -0.2) is 0 Å². The second kappa shape index (κ2) is 3.06. The smallest absolute Gasteiger partial charge is 0.0319 e. The molecule has 1 rings (SSSR count). The fourth-order valence-electron chi connectivity index (χ4n) is 0.799. The molecule has 0 aliphatic carbocycles. The number of rotatable bonds is 1. The second-order valence-corrected chi connectivity index (χ2v) is 2.07. The lowest BCUT2D eigenvalue weighted by molar-refractivity contribution is 1.64. The van der Waals surface area contributed by atoms with Gasteiger partial charge in [-0.05, 0) is 24.6 Å². The lowest BCUT2D eigenvalue weighted by Crippen LogP contribution is -1.83. The molecule has 0 bridgehead atoms. The first-order valence-corrected chi connectivity index (χ1v) is 3.14. The van der Waals surface area contributed by atoms with Crippen molar-refractivity contribution in [3.8, 4) is 0 Å². The van der Waals surface area contributed by atoms with Crippen LogP contribution >= 0.6 is 0 Å². The molecular formula is C9H10N. The van der Waals surface area contributed by atoms with Gasteiger partial charge in [-0.2, -0.15) is 0 Å². The molecule has 10 heavy (non-hydrogen) atoms. The van der Waals surface area contributed by atoms with E-state index in [0.717, 1.165) is 11.3 Å². The molecule has 0 unspecified atom stereocenters. The molecule has 0 aliphatic heterocycles. The van der Waals surface area contributed by atoms with E-state index >= 15 is 0 Å². The third-order valence-corrected chi connectivity index (χ3v) is 1.22. The van der Waals surface area contributed by atoms with E-state index < -0.39 is 0 Å². The molecule has 1 aromatic rings. The highest BCUT2D eigenvalue weighted by molar-refractivity contribution is 5.55. The highest BCUT2D eigenvalue weighted by atomic mass is 14.5. The molecule has 0 aliphatic rings. The molecule has 0 saturated heterocycles. The number of nitrogens with two attached hydrogens (primary N) is 1. The van der Waals surface area contributed by atoms with Crippen LogP contribution in [0.15, 0.2) is 30.3 Å². The fraction of sp³-hybridized carbons (Fsp3) is 0. The summed E-state index contributed by atoms with van der Waals surface area (Å²) in [5.74, 6) is 0. The van der Waals surface area contributed by atoms with Crippen LogP contribution in [0.2, 0.25) is 0 Å². The largest absolute Gasteiger partial charge is 0.399 e. The van der Waals surface area contributed by atoms with Gasteiger partial charge < -0.3 is 5.73 Å². The molecule has 1 aromatic carbocycles. The Labute approximate surface area is 61.2 Å². The summed E-state index contributed by atoms with van der Waals surface area (Å²) >= 11 is 0. The Hall–Kier alpha value is -1.24. The average Bonchev–Trinajstić information content (AvgIpc) is 1.88. The van der Waals surface area contributed by atoms with E-state index in [4.69, 9.17) is 5.73 Å². The maximum atomic E-state index is 5.53. The van der Waals surface area contributed by atoms with E-state index in [1.807, 2.05) is 30.3 Å². The number of benzene rings is 1. The molecule has 0 saturated carbocycles. The Kier molecular flexibility index (Phi) is 2.11.